The fourth-order valence-electron chi connectivity index (χ4n) is 3.66. The molecule has 5 nitrogen and oxygen atoms in total. The summed E-state index contributed by atoms with van der Waals surface area (Å²) in [6.45, 7) is 3.54. The number of benzene rings is 1. The number of piperidine rings is 1. The van der Waals surface area contributed by atoms with E-state index in [0.717, 1.165) is 31.8 Å². The van der Waals surface area contributed by atoms with Gasteiger partial charge in [-0.15, -0.1) is 0 Å². The zero-order valence-corrected chi connectivity index (χ0v) is 15.0. The Balaban J connectivity index is 2.14. The first kappa shape index (κ1) is 18.0. The summed E-state index contributed by atoms with van der Waals surface area (Å²) in [5.41, 5.74) is 2.20. The van der Waals surface area contributed by atoms with Crippen LogP contribution < -0.4 is 5.32 Å². The second-order valence-electron chi connectivity index (χ2n) is 6.56. The van der Waals surface area contributed by atoms with Gasteiger partial charge in [0, 0.05) is 18.8 Å². The number of ether oxygens (including phenoxy) is 1. The number of nitriles is 1. The van der Waals surface area contributed by atoms with Crippen LogP contribution in [0, 0.1) is 17.1 Å². The van der Waals surface area contributed by atoms with Crippen LogP contribution >= 0.6 is 0 Å². The zero-order chi connectivity index (χ0) is 18.7. The number of hydrogen-bond donors (Lipinski definition) is 1. The first-order chi connectivity index (χ1) is 12.6. The van der Waals surface area contributed by atoms with Crippen LogP contribution in [0.1, 0.15) is 37.7 Å². The van der Waals surface area contributed by atoms with Crippen molar-refractivity contribution in [3.63, 3.8) is 0 Å². The molecule has 136 valence electrons. The van der Waals surface area contributed by atoms with E-state index in [1.54, 1.807) is 19.1 Å². The third kappa shape index (κ3) is 3.30. The van der Waals surface area contributed by atoms with Crippen molar-refractivity contribution in [3.8, 4) is 6.07 Å². The summed E-state index contributed by atoms with van der Waals surface area (Å²) in [7, 11) is 1.32. The second kappa shape index (κ2) is 7.61. The number of hydrogen-bond acceptors (Lipinski definition) is 5. The number of nitrogens with zero attached hydrogens (tertiary/aromatic N) is 2. The number of halogens is 1. The molecule has 0 unspecified atom stereocenters. The fraction of sp³-hybridized carbons (Fsp3) is 0.400. The van der Waals surface area contributed by atoms with Crippen LogP contribution in [0.2, 0.25) is 0 Å². The van der Waals surface area contributed by atoms with Gasteiger partial charge < -0.3 is 15.0 Å². The van der Waals surface area contributed by atoms with Crippen molar-refractivity contribution in [1.82, 2.24) is 10.2 Å². The summed E-state index contributed by atoms with van der Waals surface area (Å²) in [5, 5.41) is 13.2. The molecule has 1 fully saturated rings. The van der Waals surface area contributed by atoms with Crippen molar-refractivity contribution in [3.05, 3.63) is 58.3 Å². The van der Waals surface area contributed by atoms with E-state index in [1.165, 1.54) is 25.7 Å². The monoisotopic (exact) mass is 355 g/mol. The SMILES string of the molecule is COC(=O)C1=C(C)NC(N2CCCCC2)=C(C#N)[C@H]1c1ccc(F)cc1. The van der Waals surface area contributed by atoms with Gasteiger partial charge in [-0.3, -0.25) is 0 Å². The standard InChI is InChI=1S/C20H22FN3O2/c1-13-17(20(25)26-2)18(14-6-8-15(21)9-7-14)16(12-22)19(23-13)24-10-4-3-5-11-24/h6-9,18,23H,3-5,10-11H2,1-2H3/t18-/m1/s1. The molecule has 2 heterocycles. The molecule has 3 rings (SSSR count). The van der Waals surface area contributed by atoms with E-state index in [4.69, 9.17) is 4.74 Å². The normalized spacial score (nSPS) is 20.5. The predicted molar refractivity (Wildman–Crippen MR) is 95.1 cm³/mol. The molecule has 0 aliphatic carbocycles. The number of nitrogens with one attached hydrogen (secondary N) is 1. The van der Waals surface area contributed by atoms with Crippen molar-refractivity contribution in [2.75, 3.05) is 20.2 Å². The Hall–Kier alpha value is -2.81. The van der Waals surface area contributed by atoms with E-state index in [1.807, 2.05) is 0 Å². The summed E-state index contributed by atoms with van der Waals surface area (Å²) in [6, 6.07) is 8.21. The van der Waals surface area contributed by atoms with E-state index in [2.05, 4.69) is 16.3 Å². The highest BCUT2D eigenvalue weighted by Crippen LogP contribution is 2.39. The molecule has 2 aliphatic rings. The van der Waals surface area contributed by atoms with E-state index in [0.29, 0.717) is 22.4 Å². The van der Waals surface area contributed by atoms with E-state index in [9.17, 15) is 14.4 Å². The van der Waals surface area contributed by atoms with Crippen LogP contribution in [0.3, 0.4) is 0 Å². The van der Waals surface area contributed by atoms with Crippen LogP contribution in [-0.2, 0) is 9.53 Å². The quantitative estimate of drug-likeness (QED) is 0.844. The van der Waals surface area contributed by atoms with Gasteiger partial charge in [0.05, 0.1) is 30.2 Å². The molecule has 1 aromatic rings. The molecule has 2 aliphatic heterocycles. The second-order valence-corrected chi connectivity index (χ2v) is 6.56. The Labute approximate surface area is 152 Å². The highest BCUT2D eigenvalue weighted by atomic mass is 19.1. The molecule has 6 heteroatoms. The van der Waals surface area contributed by atoms with Crippen molar-refractivity contribution < 1.29 is 13.9 Å². The molecule has 1 aromatic carbocycles. The molecule has 1 N–H and O–H groups in total. The lowest BCUT2D eigenvalue weighted by atomic mass is 9.81. The van der Waals surface area contributed by atoms with E-state index in [-0.39, 0.29) is 5.82 Å². The van der Waals surface area contributed by atoms with E-state index >= 15 is 0 Å². The minimum atomic E-state index is -0.578. The van der Waals surface area contributed by atoms with Gasteiger partial charge >= 0.3 is 5.97 Å². The number of carbonyl (C=O) groups is 1. The van der Waals surface area contributed by atoms with Crippen LogP contribution in [0.5, 0.6) is 0 Å². The van der Waals surface area contributed by atoms with Gasteiger partial charge in [-0.05, 0) is 43.9 Å². The van der Waals surface area contributed by atoms with Crippen LogP contribution in [-0.4, -0.2) is 31.1 Å². The molecule has 0 radical (unpaired) electrons. The lowest BCUT2D eigenvalue weighted by Gasteiger charge is -2.37. The Kier molecular flexibility index (Phi) is 5.27. The Morgan fingerprint density at radius 3 is 2.50 bits per heavy atom. The lowest BCUT2D eigenvalue weighted by molar-refractivity contribution is -0.136. The number of likely N-dealkylation sites (tertiary alicyclic amines) is 1. The van der Waals surface area contributed by atoms with Gasteiger partial charge in [0.1, 0.15) is 11.6 Å². The largest absolute Gasteiger partial charge is 0.466 e. The molecule has 0 aromatic heterocycles. The Bertz CT molecular complexity index is 799. The number of carbonyl (C=O) groups excluding carboxylic acids is 1. The van der Waals surface area contributed by atoms with Gasteiger partial charge in [-0.2, -0.15) is 5.26 Å². The van der Waals surface area contributed by atoms with Crippen LogP contribution in [0.25, 0.3) is 0 Å². The minimum absolute atomic E-state index is 0.359. The smallest absolute Gasteiger partial charge is 0.336 e. The maximum atomic E-state index is 13.4. The highest BCUT2D eigenvalue weighted by molar-refractivity contribution is 5.93. The molecule has 1 saturated heterocycles. The summed E-state index contributed by atoms with van der Waals surface area (Å²) < 4.78 is 18.4. The predicted octanol–water partition coefficient (Wildman–Crippen LogP) is 3.18. The Morgan fingerprint density at radius 2 is 1.92 bits per heavy atom. The van der Waals surface area contributed by atoms with Crippen molar-refractivity contribution >= 4 is 5.97 Å². The molecule has 1 atom stereocenters. The summed E-state index contributed by atoms with van der Waals surface area (Å²) in [5.74, 6) is -0.686. The molecular formula is C20H22FN3O2. The van der Waals surface area contributed by atoms with E-state index < -0.39 is 11.9 Å². The molecule has 0 amide bonds. The molecule has 26 heavy (non-hydrogen) atoms. The summed E-state index contributed by atoms with van der Waals surface area (Å²) in [4.78, 5) is 14.6. The Morgan fingerprint density at radius 1 is 1.27 bits per heavy atom. The van der Waals surface area contributed by atoms with Gasteiger partial charge in [0.25, 0.3) is 0 Å². The van der Waals surface area contributed by atoms with Gasteiger partial charge in [0.15, 0.2) is 0 Å². The first-order valence-corrected chi connectivity index (χ1v) is 8.77. The first-order valence-electron chi connectivity index (χ1n) is 8.77. The third-order valence-electron chi connectivity index (χ3n) is 4.94. The number of methoxy groups -OCH3 is 1. The minimum Gasteiger partial charge on any atom is -0.466 e. The molecule has 0 spiro atoms. The molecule has 0 bridgehead atoms. The van der Waals surface area contributed by atoms with Crippen LogP contribution in [0.4, 0.5) is 4.39 Å². The fourth-order valence-corrected chi connectivity index (χ4v) is 3.66. The number of allylic oxidation sites excluding steroid dienone is 2. The summed E-state index contributed by atoms with van der Waals surface area (Å²) >= 11 is 0. The van der Waals surface area contributed by atoms with Crippen LogP contribution in [0.15, 0.2) is 46.9 Å². The number of rotatable bonds is 3. The van der Waals surface area contributed by atoms with Crippen molar-refractivity contribution in [2.45, 2.75) is 32.1 Å². The highest BCUT2D eigenvalue weighted by Gasteiger charge is 2.36. The molecular weight excluding hydrogens is 333 g/mol. The number of esters is 1. The van der Waals surface area contributed by atoms with Gasteiger partial charge in [-0.1, -0.05) is 12.1 Å². The third-order valence-corrected chi connectivity index (χ3v) is 4.94. The topological polar surface area (TPSA) is 65.4 Å². The average molecular weight is 355 g/mol. The maximum absolute atomic E-state index is 13.4. The zero-order valence-electron chi connectivity index (χ0n) is 15.0. The lowest BCUT2D eigenvalue weighted by Crippen LogP contribution is -2.40. The number of dihydropyridines is 1. The van der Waals surface area contributed by atoms with Crippen molar-refractivity contribution in [2.24, 2.45) is 0 Å². The average Bonchev–Trinajstić information content (AvgIpc) is 2.68. The van der Waals surface area contributed by atoms with Gasteiger partial charge in [-0.25, -0.2) is 9.18 Å². The molecule has 0 saturated carbocycles. The van der Waals surface area contributed by atoms with Gasteiger partial charge in [0.2, 0.25) is 0 Å². The van der Waals surface area contributed by atoms with Crippen molar-refractivity contribution in [1.29, 1.82) is 5.26 Å². The maximum Gasteiger partial charge on any atom is 0.336 e. The summed E-state index contributed by atoms with van der Waals surface area (Å²) in [6.07, 6.45) is 3.31.